The maximum Gasteiger partial charge on any atom is 0.238 e. The van der Waals surface area contributed by atoms with Crippen molar-refractivity contribution < 1.29 is 19.1 Å². The van der Waals surface area contributed by atoms with Gasteiger partial charge in [-0.15, -0.1) is 0 Å². The van der Waals surface area contributed by atoms with E-state index in [1.165, 1.54) is 6.92 Å². The van der Waals surface area contributed by atoms with Gasteiger partial charge in [0.1, 0.15) is 12.7 Å². The van der Waals surface area contributed by atoms with Crippen LogP contribution in [0.2, 0.25) is 0 Å². The van der Waals surface area contributed by atoms with Gasteiger partial charge in [-0.05, 0) is 42.9 Å². The number of likely N-dealkylation sites (N-methyl/N-ethyl adjacent to an activating group) is 1. The van der Waals surface area contributed by atoms with E-state index < -0.39 is 0 Å². The van der Waals surface area contributed by atoms with E-state index in [9.17, 15) is 9.59 Å². The molecule has 0 saturated carbocycles. The molecule has 1 heterocycles. The summed E-state index contributed by atoms with van der Waals surface area (Å²) in [5, 5.41) is 5.57. The Hall–Kier alpha value is -3.06. The predicted octanol–water partition coefficient (Wildman–Crippen LogP) is 2.75. The van der Waals surface area contributed by atoms with Crippen molar-refractivity contribution >= 4 is 23.2 Å². The second-order valence-corrected chi connectivity index (χ2v) is 6.63. The molecule has 1 aliphatic rings. The number of fused-ring (bicyclic) bond motifs is 1. The third kappa shape index (κ3) is 5.47. The molecule has 0 spiro atoms. The average Bonchev–Trinajstić information content (AvgIpc) is 2.68. The van der Waals surface area contributed by atoms with Crippen molar-refractivity contribution in [3.8, 4) is 11.5 Å². The first-order valence-electron chi connectivity index (χ1n) is 9.32. The molecular weight excluding hydrogens is 358 g/mol. The highest BCUT2D eigenvalue weighted by Crippen LogP contribution is 2.31. The quantitative estimate of drug-likeness (QED) is 0.769. The molecule has 2 amide bonds. The van der Waals surface area contributed by atoms with E-state index in [0.29, 0.717) is 24.5 Å². The third-order valence-electron chi connectivity index (χ3n) is 4.33. The molecule has 7 heteroatoms. The van der Waals surface area contributed by atoms with E-state index in [2.05, 4.69) is 10.6 Å². The van der Waals surface area contributed by atoms with Crippen molar-refractivity contribution in [1.29, 1.82) is 0 Å². The zero-order valence-electron chi connectivity index (χ0n) is 16.1. The standard InChI is InChI=1S/C21H25N3O4/c1-3-24(12-18-14-27-19-6-4-5-7-20(19)28-18)13-21(26)23-17-10-8-16(9-11-17)22-15(2)25/h4-11,18H,3,12-14H2,1-2H3,(H,22,25)(H,23,26). The van der Waals surface area contributed by atoms with Crippen LogP contribution in [0.15, 0.2) is 48.5 Å². The Morgan fingerprint density at radius 2 is 1.68 bits per heavy atom. The molecule has 2 N–H and O–H groups in total. The number of benzene rings is 2. The Morgan fingerprint density at radius 3 is 2.32 bits per heavy atom. The Labute approximate surface area is 164 Å². The first-order chi connectivity index (χ1) is 13.5. The van der Waals surface area contributed by atoms with Crippen molar-refractivity contribution in [2.45, 2.75) is 20.0 Å². The minimum atomic E-state index is -0.132. The van der Waals surface area contributed by atoms with E-state index in [4.69, 9.17) is 9.47 Å². The number of amides is 2. The fraction of sp³-hybridized carbons (Fsp3) is 0.333. The Bertz CT molecular complexity index is 823. The van der Waals surface area contributed by atoms with Crippen LogP contribution in [-0.2, 0) is 9.59 Å². The van der Waals surface area contributed by atoms with Crippen LogP contribution < -0.4 is 20.1 Å². The number of carbonyl (C=O) groups is 2. The first-order valence-corrected chi connectivity index (χ1v) is 9.32. The van der Waals surface area contributed by atoms with Gasteiger partial charge < -0.3 is 20.1 Å². The average molecular weight is 383 g/mol. The molecule has 2 aromatic carbocycles. The minimum Gasteiger partial charge on any atom is -0.486 e. The second kappa shape index (κ2) is 9.23. The molecule has 0 bridgehead atoms. The summed E-state index contributed by atoms with van der Waals surface area (Å²) in [5.74, 6) is 1.25. The lowest BCUT2D eigenvalue weighted by molar-refractivity contribution is -0.117. The van der Waals surface area contributed by atoms with E-state index in [1.54, 1.807) is 24.3 Å². The summed E-state index contributed by atoms with van der Waals surface area (Å²) in [7, 11) is 0. The number of ether oxygens (including phenoxy) is 2. The summed E-state index contributed by atoms with van der Waals surface area (Å²) < 4.78 is 11.7. The summed E-state index contributed by atoms with van der Waals surface area (Å²) in [4.78, 5) is 25.5. The van der Waals surface area contributed by atoms with Crippen molar-refractivity contribution in [2.24, 2.45) is 0 Å². The summed E-state index contributed by atoms with van der Waals surface area (Å²) in [5.41, 5.74) is 1.37. The van der Waals surface area contributed by atoms with Crippen molar-refractivity contribution in [3.05, 3.63) is 48.5 Å². The maximum atomic E-state index is 12.4. The summed E-state index contributed by atoms with van der Waals surface area (Å²) in [6.45, 7) is 5.49. The lowest BCUT2D eigenvalue weighted by Crippen LogP contribution is -2.43. The van der Waals surface area contributed by atoms with Crippen LogP contribution >= 0.6 is 0 Å². The van der Waals surface area contributed by atoms with Gasteiger partial charge in [-0.2, -0.15) is 0 Å². The molecule has 0 saturated heterocycles. The molecule has 28 heavy (non-hydrogen) atoms. The maximum absolute atomic E-state index is 12.4. The number of carbonyl (C=O) groups excluding carboxylic acids is 2. The van der Waals surface area contributed by atoms with Crippen LogP contribution in [-0.4, -0.2) is 49.1 Å². The van der Waals surface area contributed by atoms with Crippen LogP contribution in [0.5, 0.6) is 11.5 Å². The van der Waals surface area contributed by atoms with Crippen LogP contribution in [0.4, 0.5) is 11.4 Å². The van der Waals surface area contributed by atoms with Crippen LogP contribution in [0.25, 0.3) is 0 Å². The van der Waals surface area contributed by atoms with E-state index >= 15 is 0 Å². The Balaban J connectivity index is 1.50. The highest BCUT2D eigenvalue weighted by Gasteiger charge is 2.23. The highest BCUT2D eigenvalue weighted by atomic mass is 16.6. The molecule has 148 valence electrons. The van der Waals surface area contributed by atoms with Crippen LogP contribution in [0.3, 0.4) is 0 Å². The normalized spacial score (nSPS) is 15.2. The molecule has 0 fully saturated rings. The predicted molar refractivity (Wildman–Crippen MR) is 108 cm³/mol. The lowest BCUT2D eigenvalue weighted by atomic mass is 10.2. The summed E-state index contributed by atoms with van der Waals surface area (Å²) in [6, 6.07) is 14.6. The fourth-order valence-electron chi connectivity index (χ4n) is 2.99. The number of hydrogen-bond acceptors (Lipinski definition) is 5. The molecular formula is C21H25N3O4. The van der Waals surface area contributed by atoms with Gasteiger partial charge in [-0.3, -0.25) is 14.5 Å². The smallest absolute Gasteiger partial charge is 0.238 e. The minimum absolute atomic E-state index is 0.105. The van der Waals surface area contributed by atoms with Gasteiger partial charge in [-0.25, -0.2) is 0 Å². The Morgan fingerprint density at radius 1 is 1.04 bits per heavy atom. The molecule has 0 aromatic heterocycles. The monoisotopic (exact) mass is 383 g/mol. The van der Waals surface area contributed by atoms with E-state index in [-0.39, 0.29) is 24.5 Å². The topological polar surface area (TPSA) is 79.9 Å². The van der Waals surface area contributed by atoms with Gasteiger partial charge >= 0.3 is 0 Å². The number of para-hydroxylation sites is 2. The number of hydrogen-bond donors (Lipinski definition) is 2. The molecule has 2 aromatic rings. The summed E-state index contributed by atoms with van der Waals surface area (Å²) in [6.07, 6.45) is -0.125. The SMILES string of the molecule is CCN(CC(=O)Nc1ccc(NC(C)=O)cc1)CC1COc2ccccc2O1. The van der Waals surface area contributed by atoms with Gasteiger partial charge in [0.15, 0.2) is 11.5 Å². The molecule has 1 unspecified atom stereocenters. The van der Waals surface area contributed by atoms with Gasteiger partial charge in [-0.1, -0.05) is 19.1 Å². The number of rotatable bonds is 7. The number of nitrogens with zero attached hydrogens (tertiary/aromatic N) is 1. The zero-order chi connectivity index (χ0) is 19.9. The number of anilines is 2. The molecule has 0 aliphatic carbocycles. The van der Waals surface area contributed by atoms with Crippen LogP contribution in [0.1, 0.15) is 13.8 Å². The molecule has 0 radical (unpaired) electrons. The largest absolute Gasteiger partial charge is 0.486 e. The highest BCUT2D eigenvalue weighted by molar-refractivity contribution is 5.93. The van der Waals surface area contributed by atoms with Gasteiger partial charge in [0, 0.05) is 24.8 Å². The molecule has 1 atom stereocenters. The first kappa shape index (κ1) is 19.7. The van der Waals surface area contributed by atoms with Gasteiger partial charge in [0.05, 0.1) is 6.54 Å². The van der Waals surface area contributed by atoms with E-state index in [0.717, 1.165) is 18.0 Å². The third-order valence-corrected chi connectivity index (χ3v) is 4.33. The summed E-state index contributed by atoms with van der Waals surface area (Å²) >= 11 is 0. The Kier molecular flexibility index (Phi) is 6.49. The van der Waals surface area contributed by atoms with Gasteiger partial charge in [0.2, 0.25) is 11.8 Å². The lowest BCUT2D eigenvalue weighted by Gasteiger charge is -2.30. The number of nitrogens with one attached hydrogen (secondary N) is 2. The molecule has 7 nitrogen and oxygen atoms in total. The molecule has 3 rings (SSSR count). The van der Waals surface area contributed by atoms with Gasteiger partial charge in [0.25, 0.3) is 0 Å². The zero-order valence-corrected chi connectivity index (χ0v) is 16.1. The van der Waals surface area contributed by atoms with Crippen LogP contribution in [0, 0.1) is 0 Å². The van der Waals surface area contributed by atoms with Crippen molar-refractivity contribution in [3.63, 3.8) is 0 Å². The fourth-order valence-corrected chi connectivity index (χ4v) is 2.99. The second-order valence-electron chi connectivity index (χ2n) is 6.63. The van der Waals surface area contributed by atoms with Crippen molar-refractivity contribution in [2.75, 3.05) is 36.9 Å². The molecule has 1 aliphatic heterocycles. The van der Waals surface area contributed by atoms with Crippen molar-refractivity contribution in [1.82, 2.24) is 4.90 Å². The van der Waals surface area contributed by atoms with E-state index in [1.807, 2.05) is 36.1 Å².